The first kappa shape index (κ1) is 16.7. The van der Waals surface area contributed by atoms with E-state index in [1.165, 1.54) is 5.57 Å². The van der Waals surface area contributed by atoms with E-state index >= 15 is 0 Å². The van der Waals surface area contributed by atoms with Crippen LogP contribution in [0.3, 0.4) is 0 Å². The molecule has 22 heavy (non-hydrogen) atoms. The Morgan fingerprint density at radius 1 is 1.14 bits per heavy atom. The van der Waals surface area contributed by atoms with E-state index < -0.39 is 0 Å². The second-order valence-corrected chi connectivity index (χ2v) is 7.86. The fourth-order valence-electron chi connectivity index (χ4n) is 2.71. The van der Waals surface area contributed by atoms with Gasteiger partial charge in [0.05, 0.1) is 16.0 Å². The largest absolute Gasteiger partial charge is 0.240 e. The van der Waals surface area contributed by atoms with Crippen LogP contribution < -0.4 is 0 Å². The van der Waals surface area contributed by atoms with Crippen LogP contribution in [0.4, 0.5) is 0 Å². The van der Waals surface area contributed by atoms with E-state index in [1.807, 2.05) is 6.08 Å². The predicted octanol–water partition coefficient (Wildman–Crippen LogP) is 6.18. The molecule has 1 unspecified atom stereocenters. The molecule has 1 atom stereocenters. The molecule has 0 saturated carbocycles. The van der Waals surface area contributed by atoms with Crippen molar-refractivity contribution >= 4 is 23.5 Å². The lowest BCUT2D eigenvalue weighted by molar-refractivity contribution is 0.471. The van der Waals surface area contributed by atoms with Gasteiger partial charge in [-0.25, -0.2) is 4.98 Å². The van der Waals surface area contributed by atoms with Crippen LogP contribution in [0.25, 0.3) is 12.2 Å². The standard InChI is InChI=1S/C20H25NS/c1-7-16-17(8-2)22-18(21-16)20(6)11-9-10-15(3)14-19(4,5)12-13-20/h7-13H,1-2,14H2,3-6H3/b11-9-,13-12-,15-10?. The molecule has 0 aromatic carbocycles. The van der Waals surface area contributed by atoms with Crippen LogP contribution >= 0.6 is 11.3 Å². The topological polar surface area (TPSA) is 12.9 Å². The molecule has 0 amide bonds. The Balaban J connectivity index is 2.54. The van der Waals surface area contributed by atoms with Gasteiger partial charge >= 0.3 is 0 Å². The molecule has 0 bridgehead atoms. The number of hydrogen-bond acceptors (Lipinski definition) is 2. The van der Waals surface area contributed by atoms with Gasteiger partial charge < -0.3 is 0 Å². The normalized spacial score (nSPS) is 27.0. The van der Waals surface area contributed by atoms with Crippen LogP contribution in [0, 0.1) is 5.41 Å². The van der Waals surface area contributed by atoms with Crippen molar-refractivity contribution in [2.45, 2.75) is 39.5 Å². The Kier molecular flexibility index (Phi) is 4.72. The van der Waals surface area contributed by atoms with Gasteiger partial charge in [-0.1, -0.05) is 63.0 Å². The van der Waals surface area contributed by atoms with Crippen LogP contribution in [-0.2, 0) is 5.41 Å². The predicted molar refractivity (Wildman–Crippen MR) is 100 cm³/mol. The third-order valence-electron chi connectivity index (χ3n) is 3.96. The van der Waals surface area contributed by atoms with Crippen LogP contribution in [0.5, 0.6) is 0 Å². The maximum absolute atomic E-state index is 4.77. The summed E-state index contributed by atoms with van der Waals surface area (Å²) >= 11 is 1.69. The minimum Gasteiger partial charge on any atom is -0.240 e. The Labute approximate surface area is 138 Å². The molecular weight excluding hydrogens is 286 g/mol. The van der Waals surface area contributed by atoms with Crippen molar-refractivity contribution in [1.82, 2.24) is 4.98 Å². The molecule has 0 saturated heterocycles. The molecule has 0 radical (unpaired) electrons. The van der Waals surface area contributed by atoms with Gasteiger partial charge in [-0.3, -0.25) is 0 Å². The minimum absolute atomic E-state index is 0.146. The van der Waals surface area contributed by atoms with Crippen LogP contribution in [0.15, 0.2) is 49.1 Å². The summed E-state index contributed by atoms with van der Waals surface area (Å²) in [4.78, 5) is 5.85. The molecule has 1 nitrogen and oxygen atoms in total. The fourth-order valence-corrected chi connectivity index (χ4v) is 3.74. The van der Waals surface area contributed by atoms with Crippen molar-refractivity contribution in [1.29, 1.82) is 0 Å². The van der Waals surface area contributed by atoms with E-state index in [9.17, 15) is 0 Å². The van der Waals surface area contributed by atoms with Crippen LogP contribution in [0.2, 0.25) is 0 Å². The summed E-state index contributed by atoms with van der Waals surface area (Å²) in [5.74, 6) is 0. The highest BCUT2D eigenvalue weighted by molar-refractivity contribution is 7.13. The Bertz CT molecular complexity index is 644. The van der Waals surface area contributed by atoms with Crippen molar-refractivity contribution in [3.05, 3.63) is 64.7 Å². The van der Waals surface area contributed by atoms with E-state index in [2.05, 4.69) is 71.2 Å². The van der Waals surface area contributed by atoms with Gasteiger partial charge in [0.2, 0.25) is 0 Å². The molecule has 2 heteroatoms. The number of aromatic nitrogens is 1. The lowest BCUT2D eigenvalue weighted by Gasteiger charge is -2.23. The molecule has 0 fully saturated rings. The molecule has 1 aliphatic rings. The molecular formula is C20H25NS. The highest BCUT2D eigenvalue weighted by Gasteiger charge is 2.27. The highest BCUT2D eigenvalue weighted by Crippen LogP contribution is 2.37. The van der Waals surface area contributed by atoms with Gasteiger partial charge in [-0.2, -0.15) is 0 Å². The average Bonchev–Trinajstić information content (AvgIpc) is 2.89. The highest BCUT2D eigenvalue weighted by atomic mass is 32.1. The summed E-state index contributed by atoms with van der Waals surface area (Å²) in [5.41, 5.74) is 2.26. The summed E-state index contributed by atoms with van der Waals surface area (Å²) in [6, 6.07) is 0. The summed E-state index contributed by atoms with van der Waals surface area (Å²) in [6.45, 7) is 16.7. The lowest BCUT2D eigenvalue weighted by Crippen LogP contribution is -2.17. The molecule has 1 aliphatic carbocycles. The monoisotopic (exact) mass is 311 g/mol. The third-order valence-corrected chi connectivity index (χ3v) is 5.28. The van der Waals surface area contributed by atoms with Gasteiger partial charge in [-0.15, -0.1) is 11.3 Å². The molecule has 1 aromatic rings. The van der Waals surface area contributed by atoms with Gasteiger partial charge in [0.1, 0.15) is 5.01 Å². The Hall–Kier alpha value is -1.67. The molecule has 116 valence electrons. The number of nitrogens with zero attached hydrogens (tertiary/aromatic N) is 1. The van der Waals surface area contributed by atoms with Crippen molar-refractivity contribution in [3.63, 3.8) is 0 Å². The summed E-state index contributed by atoms with van der Waals surface area (Å²) in [6.07, 6.45) is 15.9. The molecule has 1 heterocycles. The quantitative estimate of drug-likeness (QED) is 0.608. The first-order chi connectivity index (χ1) is 10.3. The lowest BCUT2D eigenvalue weighted by atomic mass is 9.82. The first-order valence-corrected chi connectivity index (χ1v) is 8.43. The summed E-state index contributed by atoms with van der Waals surface area (Å²) in [7, 11) is 0. The SMILES string of the molecule is C=Cc1nc(C2(C)/C=C\C=C(C)CC(C)(C)/C=C\2)sc1C=C. The number of allylic oxidation sites excluding steroid dienone is 6. The second kappa shape index (κ2) is 6.21. The summed E-state index contributed by atoms with van der Waals surface area (Å²) in [5, 5.41) is 1.08. The van der Waals surface area contributed by atoms with E-state index in [0.717, 1.165) is 22.0 Å². The van der Waals surface area contributed by atoms with E-state index in [4.69, 9.17) is 4.98 Å². The van der Waals surface area contributed by atoms with E-state index in [-0.39, 0.29) is 10.8 Å². The van der Waals surface area contributed by atoms with Crippen LogP contribution in [-0.4, -0.2) is 4.98 Å². The van der Waals surface area contributed by atoms with Gasteiger partial charge in [0, 0.05) is 0 Å². The van der Waals surface area contributed by atoms with E-state index in [1.54, 1.807) is 17.4 Å². The zero-order valence-electron chi connectivity index (χ0n) is 14.0. The van der Waals surface area contributed by atoms with Crippen molar-refractivity contribution < 1.29 is 0 Å². The van der Waals surface area contributed by atoms with Crippen molar-refractivity contribution in [3.8, 4) is 0 Å². The fraction of sp³-hybridized carbons (Fsp3) is 0.350. The second-order valence-electron chi connectivity index (χ2n) is 6.83. The van der Waals surface area contributed by atoms with Crippen molar-refractivity contribution in [2.75, 3.05) is 0 Å². The Morgan fingerprint density at radius 2 is 1.86 bits per heavy atom. The molecule has 2 rings (SSSR count). The molecule has 1 aromatic heterocycles. The zero-order valence-corrected chi connectivity index (χ0v) is 14.8. The first-order valence-electron chi connectivity index (χ1n) is 7.61. The number of hydrogen-bond donors (Lipinski definition) is 0. The number of rotatable bonds is 3. The van der Waals surface area contributed by atoms with Gasteiger partial charge in [-0.05, 0) is 37.8 Å². The number of thiazole rings is 1. The molecule has 0 spiro atoms. The van der Waals surface area contributed by atoms with Gasteiger partial charge in [0.15, 0.2) is 0 Å². The maximum Gasteiger partial charge on any atom is 0.107 e. The van der Waals surface area contributed by atoms with Crippen LogP contribution in [0.1, 0.15) is 49.7 Å². The maximum atomic E-state index is 4.77. The van der Waals surface area contributed by atoms with Crippen molar-refractivity contribution in [2.24, 2.45) is 5.41 Å². The Morgan fingerprint density at radius 3 is 2.45 bits per heavy atom. The summed E-state index contributed by atoms with van der Waals surface area (Å²) < 4.78 is 0. The van der Waals surface area contributed by atoms with Gasteiger partial charge in [0.25, 0.3) is 0 Å². The van der Waals surface area contributed by atoms with E-state index in [0.29, 0.717) is 0 Å². The molecule has 0 N–H and O–H groups in total. The zero-order chi connectivity index (χ0) is 16.4. The average molecular weight is 311 g/mol. The minimum atomic E-state index is -0.206. The smallest absolute Gasteiger partial charge is 0.107 e. The third kappa shape index (κ3) is 3.56. The molecule has 0 aliphatic heterocycles.